The van der Waals surface area contributed by atoms with Gasteiger partial charge in [0, 0.05) is 5.56 Å². The fraction of sp³-hybridized carbons (Fsp3) is 0.533. The van der Waals surface area contributed by atoms with Gasteiger partial charge in [0.1, 0.15) is 5.82 Å². The molecule has 1 atom stereocenters. The zero-order valence-electron chi connectivity index (χ0n) is 11.8. The molecule has 0 aliphatic carbocycles. The van der Waals surface area contributed by atoms with E-state index >= 15 is 0 Å². The van der Waals surface area contributed by atoms with Gasteiger partial charge in [0.25, 0.3) is 5.00 Å². The van der Waals surface area contributed by atoms with E-state index in [1.165, 1.54) is 12.1 Å². The summed E-state index contributed by atoms with van der Waals surface area (Å²) in [6, 6.07) is 4.85. The third-order valence-corrected chi connectivity index (χ3v) is 4.26. The average Bonchev–Trinajstić information content (AvgIpc) is 2.46. The second kappa shape index (κ2) is 8.25. The molecule has 0 amide bonds. The fourth-order valence-corrected chi connectivity index (χ4v) is 2.93. The first-order chi connectivity index (χ1) is 9.54. The number of alkyl halides is 1. The Kier molecular flexibility index (Phi) is 6.99. The van der Waals surface area contributed by atoms with Gasteiger partial charge in [-0.25, -0.2) is 13.6 Å². The van der Waals surface area contributed by atoms with Crippen molar-refractivity contribution in [3.05, 3.63) is 35.6 Å². The molecule has 0 radical (unpaired) electrons. The van der Waals surface area contributed by atoms with Gasteiger partial charge in [0.15, 0.2) is 0 Å². The number of hydrogen-bond acceptors (Lipinski definition) is 3. The van der Waals surface area contributed by atoms with Gasteiger partial charge in [-0.3, -0.25) is 0 Å². The third-order valence-electron chi connectivity index (χ3n) is 2.96. The van der Waals surface area contributed by atoms with Crippen molar-refractivity contribution < 1.29 is 18.3 Å². The van der Waals surface area contributed by atoms with Crippen LogP contribution in [0.5, 0.6) is 0 Å². The lowest BCUT2D eigenvalue weighted by Gasteiger charge is -2.22. The zero-order chi connectivity index (χ0) is 15.0. The van der Waals surface area contributed by atoms with Gasteiger partial charge in [-0.15, -0.1) is 11.8 Å². The van der Waals surface area contributed by atoms with Crippen LogP contribution in [0.25, 0.3) is 0 Å². The van der Waals surface area contributed by atoms with E-state index in [-0.39, 0.29) is 5.56 Å². The molecule has 0 fully saturated rings. The minimum Gasteiger partial charge on any atom is -0.466 e. The van der Waals surface area contributed by atoms with Crippen molar-refractivity contribution in [2.75, 3.05) is 12.9 Å². The molecule has 0 spiro atoms. The monoisotopic (exact) mass is 302 g/mol. The van der Waals surface area contributed by atoms with E-state index in [0.29, 0.717) is 5.75 Å². The molecule has 0 saturated carbocycles. The molecule has 0 aromatic heterocycles. The van der Waals surface area contributed by atoms with Gasteiger partial charge in [0.2, 0.25) is 0 Å². The van der Waals surface area contributed by atoms with E-state index in [1.54, 1.807) is 0 Å². The van der Waals surface area contributed by atoms with E-state index < -0.39 is 16.8 Å². The van der Waals surface area contributed by atoms with Crippen molar-refractivity contribution in [2.45, 2.75) is 37.6 Å². The van der Waals surface area contributed by atoms with Crippen LogP contribution in [0.2, 0.25) is 0 Å². The van der Waals surface area contributed by atoms with Crippen molar-refractivity contribution in [3.8, 4) is 0 Å². The maximum atomic E-state index is 14.9. The highest BCUT2D eigenvalue weighted by Gasteiger charge is 2.42. The van der Waals surface area contributed by atoms with E-state index in [9.17, 15) is 13.6 Å². The number of hydrogen-bond donors (Lipinski definition) is 0. The number of ether oxygens (including phenoxy) is 1. The van der Waals surface area contributed by atoms with Crippen LogP contribution in [0, 0.1) is 5.82 Å². The first-order valence-corrected chi connectivity index (χ1v) is 7.70. The van der Waals surface area contributed by atoms with Crippen molar-refractivity contribution in [2.24, 2.45) is 0 Å². The number of esters is 1. The summed E-state index contributed by atoms with van der Waals surface area (Å²) in [4.78, 5) is 11.7. The van der Waals surface area contributed by atoms with Crippen molar-refractivity contribution >= 4 is 17.7 Å². The van der Waals surface area contributed by atoms with Crippen LogP contribution in [0.4, 0.5) is 8.78 Å². The van der Waals surface area contributed by atoms with Crippen LogP contribution < -0.4 is 0 Å². The fourth-order valence-electron chi connectivity index (χ4n) is 1.80. The van der Waals surface area contributed by atoms with Crippen LogP contribution >= 0.6 is 11.8 Å². The van der Waals surface area contributed by atoms with Gasteiger partial charge in [-0.05, 0) is 24.3 Å². The van der Waals surface area contributed by atoms with Crippen molar-refractivity contribution in [1.29, 1.82) is 0 Å². The predicted molar refractivity (Wildman–Crippen MR) is 77.8 cm³/mol. The number of halogens is 2. The molecular weight excluding hydrogens is 282 g/mol. The molecule has 112 valence electrons. The van der Waals surface area contributed by atoms with E-state index in [2.05, 4.69) is 11.7 Å². The molecule has 5 heteroatoms. The van der Waals surface area contributed by atoms with Crippen LogP contribution in [-0.4, -0.2) is 18.8 Å². The zero-order valence-corrected chi connectivity index (χ0v) is 12.6. The van der Waals surface area contributed by atoms with Gasteiger partial charge in [-0.2, -0.15) is 0 Å². The maximum Gasteiger partial charge on any atom is 0.359 e. The van der Waals surface area contributed by atoms with Crippen molar-refractivity contribution in [3.63, 3.8) is 0 Å². The number of rotatable bonds is 8. The van der Waals surface area contributed by atoms with E-state index in [4.69, 9.17) is 0 Å². The number of carbonyl (C=O) groups excluding carboxylic acids is 1. The van der Waals surface area contributed by atoms with Crippen LogP contribution in [0.1, 0.15) is 38.2 Å². The van der Waals surface area contributed by atoms with Crippen LogP contribution in [0.3, 0.4) is 0 Å². The van der Waals surface area contributed by atoms with Gasteiger partial charge in [-0.1, -0.05) is 38.3 Å². The number of methoxy groups -OCH3 is 1. The molecule has 1 aromatic carbocycles. The summed E-state index contributed by atoms with van der Waals surface area (Å²) in [5.74, 6) is -0.901. The topological polar surface area (TPSA) is 26.3 Å². The molecule has 20 heavy (non-hydrogen) atoms. The Morgan fingerprint density at radius 2 is 1.90 bits per heavy atom. The molecule has 0 N–H and O–H groups in total. The number of unbranched alkanes of at least 4 members (excludes halogenated alkanes) is 3. The summed E-state index contributed by atoms with van der Waals surface area (Å²) in [7, 11) is 1.15. The smallest absolute Gasteiger partial charge is 0.359 e. The van der Waals surface area contributed by atoms with Crippen LogP contribution in [-0.2, 0) is 14.5 Å². The second-order valence-corrected chi connectivity index (χ2v) is 5.76. The van der Waals surface area contributed by atoms with Gasteiger partial charge >= 0.3 is 5.97 Å². The molecular formula is C15H20F2O2S. The Labute approximate surface area is 122 Å². The number of carbonyl (C=O) groups is 1. The Balaban J connectivity index is 2.76. The highest BCUT2D eigenvalue weighted by atomic mass is 32.2. The molecule has 1 aromatic rings. The Morgan fingerprint density at radius 1 is 1.25 bits per heavy atom. The summed E-state index contributed by atoms with van der Waals surface area (Å²) >= 11 is 0.902. The highest BCUT2D eigenvalue weighted by Crippen LogP contribution is 2.40. The lowest BCUT2D eigenvalue weighted by molar-refractivity contribution is -0.149. The Hall–Kier alpha value is -1.10. The molecule has 1 rings (SSSR count). The summed E-state index contributed by atoms with van der Waals surface area (Å²) in [6.07, 6.45) is 4.03. The number of thioether (sulfide) groups is 1. The summed E-state index contributed by atoms with van der Waals surface area (Å²) in [5, 5.41) is -2.27. The highest BCUT2D eigenvalue weighted by molar-refractivity contribution is 8.00. The first-order valence-electron chi connectivity index (χ1n) is 6.72. The normalized spacial score (nSPS) is 13.8. The van der Waals surface area contributed by atoms with Crippen molar-refractivity contribution in [1.82, 2.24) is 0 Å². The first kappa shape index (κ1) is 17.0. The number of benzene rings is 1. The molecule has 1 unspecified atom stereocenters. The van der Waals surface area contributed by atoms with E-state index in [0.717, 1.165) is 56.7 Å². The van der Waals surface area contributed by atoms with E-state index in [1.807, 2.05) is 0 Å². The largest absolute Gasteiger partial charge is 0.466 e. The summed E-state index contributed by atoms with van der Waals surface area (Å²) in [5.41, 5.74) is 0.117. The lowest BCUT2D eigenvalue weighted by Crippen LogP contribution is -2.29. The SMILES string of the molecule is CCCCCCSC(F)(C(=O)OC)c1ccc(F)cc1. The minimum absolute atomic E-state index is 0.117. The minimum atomic E-state index is -2.27. The maximum absolute atomic E-state index is 14.9. The lowest BCUT2D eigenvalue weighted by atomic mass is 10.1. The molecule has 0 aliphatic rings. The molecule has 2 nitrogen and oxygen atoms in total. The predicted octanol–water partition coefficient (Wildman–Crippen LogP) is 4.43. The Morgan fingerprint density at radius 3 is 2.45 bits per heavy atom. The molecule has 0 bridgehead atoms. The Bertz CT molecular complexity index is 422. The van der Waals surface area contributed by atoms with Gasteiger partial charge < -0.3 is 4.74 Å². The molecule has 0 aliphatic heterocycles. The standard InChI is InChI=1S/C15H20F2O2S/c1-3-4-5-6-11-20-15(17,14(18)19-2)12-7-9-13(16)10-8-12/h7-10H,3-6,11H2,1-2H3. The van der Waals surface area contributed by atoms with Crippen LogP contribution in [0.15, 0.2) is 24.3 Å². The third kappa shape index (κ3) is 4.47. The summed E-state index contributed by atoms with van der Waals surface area (Å²) in [6.45, 7) is 2.10. The average molecular weight is 302 g/mol. The van der Waals surface area contributed by atoms with Gasteiger partial charge in [0.05, 0.1) is 7.11 Å². The molecule has 0 heterocycles. The summed E-state index contributed by atoms with van der Waals surface area (Å²) < 4.78 is 32.4. The molecule has 0 saturated heterocycles. The second-order valence-electron chi connectivity index (χ2n) is 4.50. The quantitative estimate of drug-likeness (QED) is 0.525.